The minimum atomic E-state index is -0.772. The Morgan fingerprint density at radius 2 is 1.54 bits per heavy atom. The summed E-state index contributed by atoms with van der Waals surface area (Å²) in [6.45, 7) is 4.45. The summed E-state index contributed by atoms with van der Waals surface area (Å²) >= 11 is 0. The molecule has 24 heavy (non-hydrogen) atoms. The van der Waals surface area contributed by atoms with Crippen molar-refractivity contribution in [3.63, 3.8) is 0 Å². The van der Waals surface area contributed by atoms with Gasteiger partial charge in [-0.1, -0.05) is 71.1 Å². The van der Waals surface area contributed by atoms with E-state index in [0.717, 1.165) is 44.1 Å². The van der Waals surface area contributed by atoms with Crippen molar-refractivity contribution in [1.29, 1.82) is 0 Å². The third-order valence-electron chi connectivity index (χ3n) is 5.16. The van der Waals surface area contributed by atoms with E-state index < -0.39 is 5.60 Å². The third kappa shape index (κ3) is 8.32. The summed E-state index contributed by atoms with van der Waals surface area (Å²) in [5.74, 6) is -0.300. The van der Waals surface area contributed by atoms with Crippen molar-refractivity contribution in [3.8, 4) is 0 Å². The van der Waals surface area contributed by atoms with E-state index in [1.54, 1.807) is 6.08 Å². The van der Waals surface area contributed by atoms with Gasteiger partial charge in [0, 0.05) is 6.08 Å². The minimum Gasteiger partial charge on any atom is -0.463 e. The molecule has 0 saturated heterocycles. The summed E-state index contributed by atoms with van der Waals surface area (Å²) in [7, 11) is 0. The number of rotatable bonds is 12. The molecule has 0 aromatic heterocycles. The van der Waals surface area contributed by atoms with E-state index in [4.69, 9.17) is 4.74 Å². The Morgan fingerprint density at radius 1 is 0.958 bits per heavy atom. The number of aliphatic hydroxyl groups is 1. The number of esters is 1. The molecular formula is C21H38O3. The van der Waals surface area contributed by atoms with Gasteiger partial charge in [-0.2, -0.15) is 0 Å². The monoisotopic (exact) mass is 338 g/mol. The molecule has 0 heterocycles. The summed E-state index contributed by atoms with van der Waals surface area (Å²) in [5.41, 5.74) is 0.137. The molecule has 1 aliphatic rings. The van der Waals surface area contributed by atoms with Crippen LogP contribution in [0.2, 0.25) is 0 Å². The maximum atomic E-state index is 11.9. The topological polar surface area (TPSA) is 46.5 Å². The minimum absolute atomic E-state index is 0.300. The molecule has 0 aliphatic heterocycles. The van der Waals surface area contributed by atoms with Crippen LogP contribution in [0.1, 0.15) is 104 Å². The first-order valence-electron chi connectivity index (χ1n) is 10.2. The Bertz CT molecular complexity index is 367. The Morgan fingerprint density at radius 3 is 2.12 bits per heavy atom. The lowest BCUT2D eigenvalue weighted by atomic mass is 9.77. The quantitative estimate of drug-likeness (QED) is 0.282. The van der Waals surface area contributed by atoms with Crippen LogP contribution in [-0.4, -0.2) is 23.3 Å². The predicted octanol–water partition coefficient (Wildman–Crippen LogP) is 5.70. The van der Waals surface area contributed by atoms with Crippen LogP contribution in [0.25, 0.3) is 0 Å². The second-order valence-corrected chi connectivity index (χ2v) is 7.24. The number of ether oxygens (including phenoxy) is 1. The van der Waals surface area contributed by atoms with E-state index in [1.165, 1.54) is 51.4 Å². The predicted molar refractivity (Wildman–Crippen MR) is 100.0 cm³/mol. The number of unbranched alkanes of at least 4 members (excludes halogenated alkanes) is 7. The van der Waals surface area contributed by atoms with Crippen LogP contribution in [0.4, 0.5) is 0 Å². The van der Waals surface area contributed by atoms with E-state index in [2.05, 4.69) is 6.92 Å². The Labute approximate surface area is 148 Å². The van der Waals surface area contributed by atoms with Crippen molar-refractivity contribution in [1.82, 2.24) is 0 Å². The first kappa shape index (κ1) is 21.2. The average molecular weight is 339 g/mol. The molecule has 140 valence electrons. The number of carbonyl (C=O) groups excluding carboxylic acids is 1. The SMILES string of the molecule is CCCCCCCCCC/C(=C\C(=O)OCC)C1(O)CCCCC1. The third-order valence-corrected chi connectivity index (χ3v) is 5.16. The molecule has 0 radical (unpaired) electrons. The van der Waals surface area contributed by atoms with Gasteiger partial charge in [-0.3, -0.25) is 0 Å². The highest BCUT2D eigenvalue weighted by molar-refractivity contribution is 5.83. The molecule has 0 spiro atoms. The summed E-state index contributed by atoms with van der Waals surface area (Å²) in [5, 5.41) is 11.0. The van der Waals surface area contributed by atoms with Gasteiger partial charge in [0.2, 0.25) is 0 Å². The lowest BCUT2D eigenvalue weighted by Crippen LogP contribution is -2.34. The van der Waals surface area contributed by atoms with Gasteiger partial charge in [-0.15, -0.1) is 0 Å². The molecule has 3 nitrogen and oxygen atoms in total. The molecule has 0 atom stereocenters. The first-order chi connectivity index (χ1) is 11.6. The molecule has 0 unspecified atom stereocenters. The van der Waals surface area contributed by atoms with Gasteiger partial charge < -0.3 is 9.84 Å². The number of hydrogen-bond donors (Lipinski definition) is 1. The van der Waals surface area contributed by atoms with Crippen molar-refractivity contribution in [2.75, 3.05) is 6.61 Å². The van der Waals surface area contributed by atoms with E-state index >= 15 is 0 Å². The normalized spacial score (nSPS) is 17.7. The maximum absolute atomic E-state index is 11.9. The summed E-state index contributed by atoms with van der Waals surface area (Å²) < 4.78 is 5.06. The van der Waals surface area contributed by atoms with Crippen LogP contribution in [0.5, 0.6) is 0 Å². The second kappa shape index (κ2) is 12.5. The van der Waals surface area contributed by atoms with Crippen molar-refractivity contribution in [3.05, 3.63) is 11.6 Å². The van der Waals surface area contributed by atoms with Crippen molar-refractivity contribution in [2.45, 2.75) is 109 Å². The summed E-state index contributed by atoms with van der Waals surface area (Å²) in [4.78, 5) is 11.9. The molecular weight excluding hydrogens is 300 g/mol. The molecule has 1 aliphatic carbocycles. The molecule has 0 bridgehead atoms. The Kier molecular flexibility index (Phi) is 11.1. The molecule has 0 aromatic rings. The van der Waals surface area contributed by atoms with E-state index in [1.807, 2.05) is 6.92 Å². The van der Waals surface area contributed by atoms with Gasteiger partial charge in [-0.25, -0.2) is 4.79 Å². The highest BCUT2D eigenvalue weighted by atomic mass is 16.5. The smallest absolute Gasteiger partial charge is 0.330 e. The van der Waals surface area contributed by atoms with Gasteiger partial charge in [0.05, 0.1) is 12.2 Å². The van der Waals surface area contributed by atoms with Crippen LogP contribution >= 0.6 is 0 Å². The molecule has 1 N–H and O–H groups in total. The summed E-state index contributed by atoms with van der Waals surface area (Å²) in [6.07, 6.45) is 17.4. The van der Waals surface area contributed by atoms with E-state index in [0.29, 0.717) is 6.61 Å². The van der Waals surface area contributed by atoms with Crippen LogP contribution < -0.4 is 0 Å². The fourth-order valence-corrected chi connectivity index (χ4v) is 3.67. The van der Waals surface area contributed by atoms with Gasteiger partial charge in [0.25, 0.3) is 0 Å². The van der Waals surface area contributed by atoms with Crippen LogP contribution in [0, 0.1) is 0 Å². The molecule has 1 saturated carbocycles. The van der Waals surface area contributed by atoms with Gasteiger partial charge in [0.1, 0.15) is 0 Å². The molecule has 1 rings (SSSR count). The molecule has 1 fully saturated rings. The standard InChI is InChI=1S/C21H38O3/c1-3-5-6-7-8-9-10-12-15-19(18-20(22)24-4-2)21(23)16-13-11-14-17-21/h18,23H,3-17H2,1-2H3/b19-18+. The number of hydrogen-bond acceptors (Lipinski definition) is 3. The molecule has 0 amide bonds. The van der Waals surface area contributed by atoms with Crippen LogP contribution in [0.3, 0.4) is 0 Å². The lowest BCUT2D eigenvalue weighted by Gasteiger charge is -2.34. The van der Waals surface area contributed by atoms with Crippen LogP contribution in [0.15, 0.2) is 11.6 Å². The second-order valence-electron chi connectivity index (χ2n) is 7.24. The zero-order chi connectivity index (χ0) is 17.7. The fourth-order valence-electron chi connectivity index (χ4n) is 3.67. The van der Waals surface area contributed by atoms with Crippen molar-refractivity contribution < 1.29 is 14.6 Å². The van der Waals surface area contributed by atoms with E-state index in [9.17, 15) is 9.90 Å². The Balaban J connectivity index is 2.43. The summed E-state index contributed by atoms with van der Waals surface area (Å²) in [6, 6.07) is 0. The lowest BCUT2D eigenvalue weighted by molar-refractivity contribution is -0.137. The number of carbonyl (C=O) groups is 1. The maximum Gasteiger partial charge on any atom is 0.330 e. The van der Waals surface area contributed by atoms with Gasteiger partial charge in [-0.05, 0) is 38.2 Å². The van der Waals surface area contributed by atoms with Crippen molar-refractivity contribution >= 4 is 5.97 Å². The van der Waals surface area contributed by atoms with Gasteiger partial charge in [0.15, 0.2) is 0 Å². The Hall–Kier alpha value is -0.830. The first-order valence-corrected chi connectivity index (χ1v) is 10.2. The fraction of sp³-hybridized carbons (Fsp3) is 0.857. The average Bonchev–Trinajstić information content (AvgIpc) is 2.57. The molecule has 0 aromatic carbocycles. The zero-order valence-electron chi connectivity index (χ0n) is 15.9. The zero-order valence-corrected chi connectivity index (χ0v) is 15.9. The highest BCUT2D eigenvalue weighted by Crippen LogP contribution is 2.36. The van der Waals surface area contributed by atoms with E-state index in [-0.39, 0.29) is 5.97 Å². The largest absolute Gasteiger partial charge is 0.463 e. The van der Waals surface area contributed by atoms with Crippen LogP contribution in [-0.2, 0) is 9.53 Å². The highest BCUT2D eigenvalue weighted by Gasteiger charge is 2.33. The molecule has 3 heteroatoms. The van der Waals surface area contributed by atoms with Gasteiger partial charge >= 0.3 is 5.97 Å². The van der Waals surface area contributed by atoms with Crippen molar-refractivity contribution in [2.24, 2.45) is 0 Å².